The van der Waals surface area contributed by atoms with Gasteiger partial charge >= 0.3 is 5.97 Å². The Morgan fingerprint density at radius 3 is 2.35 bits per heavy atom. The average Bonchev–Trinajstić information content (AvgIpc) is 3.08. The van der Waals surface area contributed by atoms with E-state index in [0.29, 0.717) is 22.6 Å². The standard InChI is InChI=1S/C22H23N3O6/c1-12(26)14-6-8-17-22(11-23,21(28)31-4)18(19(20(24)27)25(17)10-14)13-5-7-15(29-2)16(9-13)30-3/h5-10,17-19H,1-4H3,(H2,24,27)/t17-,18-,19-,22+/m1/s1. The van der Waals surface area contributed by atoms with Crippen LogP contribution in [0.1, 0.15) is 18.4 Å². The Labute approximate surface area is 179 Å². The number of nitrogens with zero attached hydrogens (tertiary/aromatic N) is 2. The molecule has 0 aromatic heterocycles. The van der Waals surface area contributed by atoms with Gasteiger partial charge in [0.2, 0.25) is 5.91 Å². The van der Waals surface area contributed by atoms with Gasteiger partial charge in [-0.05, 0) is 24.6 Å². The minimum atomic E-state index is -1.80. The minimum absolute atomic E-state index is 0.229. The normalized spacial score (nSPS) is 26.4. The average molecular weight is 425 g/mol. The second-order valence-electron chi connectivity index (χ2n) is 7.30. The van der Waals surface area contributed by atoms with E-state index in [4.69, 9.17) is 19.9 Å². The number of ether oxygens (including phenoxy) is 3. The summed E-state index contributed by atoms with van der Waals surface area (Å²) in [7, 11) is 4.11. The van der Waals surface area contributed by atoms with Crippen LogP contribution in [0.25, 0.3) is 0 Å². The predicted molar refractivity (Wildman–Crippen MR) is 109 cm³/mol. The number of nitriles is 1. The number of hydrogen-bond donors (Lipinski definition) is 1. The Balaban J connectivity index is 2.31. The van der Waals surface area contributed by atoms with Crippen LogP contribution >= 0.6 is 0 Å². The summed E-state index contributed by atoms with van der Waals surface area (Å²) in [5.41, 5.74) is 4.75. The summed E-state index contributed by atoms with van der Waals surface area (Å²) in [4.78, 5) is 39.1. The first-order valence-corrected chi connectivity index (χ1v) is 9.46. The van der Waals surface area contributed by atoms with Crippen LogP contribution in [0, 0.1) is 16.7 Å². The number of allylic oxidation sites excluding steroid dienone is 2. The molecule has 0 spiro atoms. The maximum atomic E-state index is 13.1. The molecule has 0 aliphatic carbocycles. The summed E-state index contributed by atoms with van der Waals surface area (Å²) in [6.45, 7) is 1.38. The molecule has 9 heteroatoms. The molecule has 0 radical (unpaired) electrons. The highest BCUT2D eigenvalue weighted by atomic mass is 16.5. The largest absolute Gasteiger partial charge is 0.493 e. The van der Waals surface area contributed by atoms with Gasteiger partial charge < -0.3 is 24.8 Å². The van der Waals surface area contributed by atoms with Crippen LogP contribution in [0.15, 0.2) is 42.1 Å². The lowest BCUT2D eigenvalue weighted by atomic mass is 9.68. The fraction of sp³-hybridized carbons (Fsp3) is 0.364. The van der Waals surface area contributed by atoms with Gasteiger partial charge in [-0.15, -0.1) is 0 Å². The van der Waals surface area contributed by atoms with Gasteiger partial charge in [0.15, 0.2) is 22.7 Å². The molecule has 0 unspecified atom stereocenters. The van der Waals surface area contributed by atoms with Crippen molar-refractivity contribution in [2.24, 2.45) is 11.1 Å². The topological polar surface area (TPSA) is 132 Å². The van der Waals surface area contributed by atoms with Crippen molar-refractivity contribution in [2.75, 3.05) is 21.3 Å². The molecular formula is C22H23N3O6. The lowest BCUT2D eigenvalue weighted by Gasteiger charge is -2.32. The number of Topliss-reactive ketones (excluding diaryl/α,β-unsaturated/α-hetero) is 1. The summed E-state index contributed by atoms with van der Waals surface area (Å²) in [6.07, 6.45) is 4.57. The van der Waals surface area contributed by atoms with Gasteiger partial charge in [-0.25, -0.2) is 0 Å². The number of hydrogen-bond acceptors (Lipinski definition) is 8. The van der Waals surface area contributed by atoms with E-state index in [0.717, 1.165) is 0 Å². The number of rotatable bonds is 6. The van der Waals surface area contributed by atoms with Crippen LogP contribution in [0.5, 0.6) is 11.5 Å². The molecule has 1 fully saturated rings. The minimum Gasteiger partial charge on any atom is -0.493 e. The number of esters is 1. The summed E-state index contributed by atoms with van der Waals surface area (Å²) in [5.74, 6) is -1.98. The quantitative estimate of drug-likeness (QED) is 0.669. The predicted octanol–water partition coefficient (Wildman–Crippen LogP) is 1.05. The number of fused-ring (bicyclic) bond motifs is 1. The molecule has 1 saturated heterocycles. The van der Waals surface area contributed by atoms with E-state index >= 15 is 0 Å². The highest BCUT2D eigenvalue weighted by Crippen LogP contribution is 2.54. The molecule has 3 rings (SSSR count). The first-order valence-electron chi connectivity index (χ1n) is 9.46. The van der Waals surface area contributed by atoms with Crippen molar-refractivity contribution >= 4 is 17.7 Å². The number of benzene rings is 1. The van der Waals surface area contributed by atoms with Crippen molar-refractivity contribution in [1.29, 1.82) is 5.26 Å². The van der Waals surface area contributed by atoms with Crippen molar-refractivity contribution in [1.82, 2.24) is 4.90 Å². The van der Waals surface area contributed by atoms with Gasteiger partial charge in [0.25, 0.3) is 0 Å². The number of primary amides is 1. The molecule has 1 amide bonds. The van der Waals surface area contributed by atoms with Crippen LogP contribution in [0.3, 0.4) is 0 Å². The van der Waals surface area contributed by atoms with Gasteiger partial charge in [-0.3, -0.25) is 14.4 Å². The highest BCUT2D eigenvalue weighted by Gasteiger charge is 2.66. The molecule has 0 saturated carbocycles. The highest BCUT2D eigenvalue weighted by molar-refractivity contribution is 5.97. The smallest absolute Gasteiger partial charge is 0.329 e. The summed E-state index contributed by atoms with van der Waals surface area (Å²) < 4.78 is 15.6. The third kappa shape index (κ3) is 3.20. The molecule has 1 aromatic carbocycles. The third-order valence-corrected chi connectivity index (χ3v) is 5.83. The Morgan fingerprint density at radius 1 is 1.16 bits per heavy atom. The van der Waals surface area contributed by atoms with Crippen LogP contribution < -0.4 is 15.2 Å². The molecule has 2 heterocycles. The van der Waals surface area contributed by atoms with Gasteiger partial charge in [0.1, 0.15) is 6.04 Å². The zero-order chi connectivity index (χ0) is 22.9. The van der Waals surface area contributed by atoms with Crippen molar-refractivity contribution in [3.05, 3.63) is 47.7 Å². The lowest BCUT2D eigenvalue weighted by molar-refractivity contribution is -0.150. The summed E-state index contributed by atoms with van der Waals surface area (Å²) in [6, 6.07) is 5.01. The maximum absolute atomic E-state index is 13.1. The van der Waals surface area contributed by atoms with Crippen molar-refractivity contribution in [3.8, 4) is 17.6 Å². The molecule has 0 bridgehead atoms. The summed E-state index contributed by atoms with van der Waals surface area (Å²) >= 11 is 0. The molecule has 2 aliphatic heterocycles. The lowest BCUT2D eigenvalue weighted by Crippen LogP contribution is -2.45. The zero-order valence-electron chi connectivity index (χ0n) is 17.6. The van der Waals surface area contributed by atoms with Crippen LogP contribution in [0.4, 0.5) is 0 Å². The van der Waals surface area contributed by atoms with Crippen LogP contribution in [-0.4, -0.2) is 56.0 Å². The maximum Gasteiger partial charge on any atom is 0.329 e. The van der Waals surface area contributed by atoms with E-state index in [1.807, 2.05) is 0 Å². The summed E-state index contributed by atoms with van der Waals surface area (Å²) in [5, 5.41) is 10.3. The fourth-order valence-electron chi connectivity index (χ4n) is 4.43. The number of ketones is 1. The number of carbonyl (C=O) groups is 3. The number of methoxy groups -OCH3 is 3. The first kappa shape index (κ1) is 21.9. The first-order chi connectivity index (χ1) is 14.8. The van der Waals surface area contributed by atoms with Gasteiger partial charge in [-0.2, -0.15) is 5.26 Å². The van der Waals surface area contributed by atoms with Crippen molar-refractivity contribution in [2.45, 2.75) is 24.9 Å². The van der Waals surface area contributed by atoms with Gasteiger partial charge in [-0.1, -0.05) is 18.2 Å². The fourth-order valence-corrected chi connectivity index (χ4v) is 4.43. The molecule has 2 N–H and O–H groups in total. The van der Waals surface area contributed by atoms with Crippen molar-refractivity contribution < 1.29 is 28.6 Å². The number of amides is 1. The van der Waals surface area contributed by atoms with Crippen LogP contribution in [-0.2, 0) is 19.1 Å². The molecular weight excluding hydrogens is 402 g/mol. The van der Waals surface area contributed by atoms with Crippen LogP contribution in [0.2, 0.25) is 0 Å². The van der Waals surface area contributed by atoms with Gasteiger partial charge in [0, 0.05) is 17.7 Å². The molecule has 1 aromatic rings. The van der Waals surface area contributed by atoms with E-state index < -0.39 is 35.3 Å². The molecule has 4 atom stereocenters. The molecule has 162 valence electrons. The Kier molecular flexibility index (Phi) is 5.75. The Hall–Kier alpha value is -3.80. The molecule has 31 heavy (non-hydrogen) atoms. The SMILES string of the molecule is COC(=O)[C@]1(C#N)[C@H](c2ccc(OC)c(OC)c2)[C@H](C(N)=O)N2C=C(C(C)=O)C=C[C@@H]21. The van der Waals surface area contributed by atoms with Gasteiger partial charge in [0.05, 0.1) is 33.4 Å². The second-order valence-corrected chi connectivity index (χ2v) is 7.30. The monoisotopic (exact) mass is 425 g/mol. The van der Waals surface area contributed by atoms with E-state index in [2.05, 4.69) is 6.07 Å². The van der Waals surface area contributed by atoms with Crippen molar-refractivity contribution in [3.63, 3.8) is 0 Å². The number of nitrogens with two attached hydrogens (primary N) is 1. The molecule has 9 nitrogen and oxygen atoms in total. The Morgan fingerprint density at radius 2 is 1.84 bits per heavy atom. The van der Waals surface area contributed by atoms with E-state index in [1.54, 1.807) is 24.3 Å². The second kappa shape index (κ2) is 8.14. The van der Waals surface area contributed by atoms with E-state index in [1.165, 1.54) is 45.4 Å². The van der Waals surface area contributed by atoms with E-state index in [-0.39, 0.29) is 5.78 Å². The zero-order valence-corrected chi connectivity index (χ0v) is 17.6. The molecule has 2 aliphatic rings. The number of carbonyl (C=O) groups excluding carboxylic acids is 3. The Bertz CT molecular complexity index is 1040. The third-order valence-electron chi connectivity index (χ3n) is 5.83. The van der Waals surface area contributed by atoms with E-state index in [9.17, 15) is 19.6 Å².